The first-order chi connectivity index (χ1) is 15.8. The zero-order chi connectivity index (χ0) is 23.8. The van der Waals surface area contributed by atoms with Crippen LogP contribution < -0.4 is 0 Å². The van der Waals surface area contributed by atoms with Crippen molar-refractivity contribution in [2.24, 2.45) is 5.11 Å². The van der Waals surface area contributed by atoms with E-state index < -0.39 is 8.07 Å². The van der Waals surface area contributed by atoms with E-state index in [2.05, 4.69) is 66.9 Å². The predicted octanol–water partition coefficient (Wildman–Crippen LogP) is 8.59. The SMILES string of the molecule is Cc1ccc(/C=C/C=C2\CC([Si](C)(C)C)C/C(=C\C=C\c3ccc(N=[N+]=[N-])cc3)C2=O)cc1. The number of hydrogen-bond donors (Lipinski definition) is 0. The van der Waals surface area contributed by atoms with Crippen LogP contribution >= 0.6 is 0 Å². The van der Waals surface area contributed by atoms with Crippen molar-refractivity contribution in [1.29, 1.82) is 0 Å². The van der Waals surface area contributed by atoms with Gasteiger partial charge in [0.05, 0.1) is 0 Å². The number of benzene rings is 2. The van der Waals surface area contributed by atoms with Crippen molar-refractivity contribution in [3.05, 3.63) is 111 Å². The van der Waals surface area contributed by atoms with Gasteiger partial charge in [-0.1, -0.05) is 115 Å². The summed E-state index contributed by atoms with van der Waals surface area (Å²) in [6, 6.07) is 15.7. The largest absolute Gasteiger partial charge is 0.289 e. The molecule has 0 N–H and O–H groups in total. The van der Waals surface area contributed by atoms with Gasteiger partial charge in [0.15, 0.2) is 5.78 Å². The van der Waals surface area contributed by atoms with Gasteiger partial charge in [0.2, 0.25) is 0 Å². The van der Waals surface area contributed by atoms with Crippen molar-refractivity contribution in [3.63, 3.8) is 0 Å². The van der Waals surface area contributed by atoms with Crippen LogP contribution in [0.1, 0.15) is 29.5 Å². The summed E-state index contributed by atoms with van der Waals surface area (Å²) in [4.78, 5) is 16.0. The molecule has 0 aromatic heterocycles. The number of carbonyl (C=O) groups excluding carboxylic acids is 1. The van der Waals surface area contributed by atoms with E-state index in [9.17, 15) is 4.79 Å². The molecule has 1 fully saturated rings. The Bertz CT molecular complexity index is 1160. The van der Waals surface area contributed by atoms with Gasteiger partial charge in [-0.05, 0) is 53.1 Å². The lowest BCUT2D eigenvalue weighted by atomic mass is 9.87. The Morgan fingerprint density at radius 2 is 1.36 bits per heavy atom. The Morgan fingerprint density at radius 3 is 1.82 bits per heavy atom. The van der Waals surface area contributed by atoms with E-state index in [1.807, 2.05) is 42.5 Å². The second-order valence-electron chi connectivity index (χ2n) is 9.59. The number of azide groups is 1. The number of aryl methyl sites for hydroxylation is 1. The number of hydrogen-bond acceptors (Lipinski definition) is 2. The van der Waals surface area contributed by atoms with E-state index in [-0.39, 0.29) is 5.78 Å². The first-order valence-corrected chi connectivity index (χ1v) is 14.8. The van der Waals surface area contributed by atoms with Crippen LogP contribution in [0.2, 0.25) is 25.2 Å². The van der Waals surface area contributed by atoms with Gasteiger partial charge in [-0.15, -0.1) is 0 Å². The van der Waals surface area contributed by atoms with Crippen LogP contribution in [0.5, 0.6) is 0 Å². The quantitative estimate of drug-likeness (QED) is 0.142. The molecule has 0 heterocycles. The van der Waals surface area contributed by atoms with Crippen molar-refractivity contribution in [3.8, 4) is 0 Å². The van der Waals surface area contributed by atoms with E-state index in [1.54, 1.807) is 12.1 Å². The maximum Gasteiger partial charge on any atom is 0.184 e. The zero-order valence-electron chi connectivity index (χ0n) is 19.8. The molecule has 168 valence electrons. The molecule has 33 heavy (non-hydrogen) atoms. The molecule has 0 spiro atoms. The molecule has 0 aliphatic heterocycles. The lowest BCUT2D eigenvalue weighted by Crippen LogP contribution is -2.33. The van der Waals surface area contributed by atoms with Crippen molar-refractivity contribution in [2.45, 2.75) is 44.9 Å². The second kappa shape index (κ2) is 11.0. The molecule has 1 aliphatic rings. The van der Waals surface area contributed by atoms with Crippen LogP contribution in [0.25, 0.3) is 22.6 Å². The van der Waals surface area contributed by atoms with Crippen molar-refractivity contribution in [2.75, 3.05) is 0 Å². The molecular weight excluding hydrogens is 422 g/mol. The zero-order valence-corrected chi connectivity index (χ0v) is 20.8. The van der Waals surface area contributed by atoms with E-state index in [1.165, 1.54) is 5.56 Å². The molecule has 3 rings (SSSR count). The Morgan fingerprint density at radius 1 is 0.879 bits per heavy atom. The van der Waals surface area contributed by atoms with Crippen LogP contribution in [-0.4, -0.2) is 13.9 Å². The summed E-state index contributed by atoms with van der Waals surface area (Å²) in [7, 11) is -1.42. The molecule has 1 saturated carbocycles. The molecule has 5 heteroatoms. The van der Waals surface area contributed by atoms with Crippen molar-refractivity contribution >= 4 is 31.7 Å². The fourth-order valence-corrected chi connectivity index (χ4v) is 5.49. The highest BCUT2D eigenvalue weighted by Crippen LogP contribution is 2.40. The smallest absolute Gasteiger partial charge is 0.184 e. The van der Waals surface area contributed by atoms with E-state index in [0.717, 1.165) is 35.1 Å². The molecule has 0 radical (unpaired) electrons. The van der Waals surface area contributed by atoms with Gasteiger partial charge in [-0.25, -0.2) is 0 Å². The van der Waals surface area contributed by atoms with Gasteiger partial charge in [-0.2, -0.15) is 0 Å². The van der Waals surface area contributed by atoms with Gasteiger partial charge in [-0.3, -0.25) is 4.79 Å². The lowest BCUT2D eigenvalue weighted by Gasteiger charge is -2.34. The second-order valence-corrected chi connectivity index (χ2v) is 15.1. The maximum absolute atomic E-state index is 13.2. The average Bonchev–Trinajstić information content (AvgIpc) is 2.78. The van der Waals surface area contributed by atoms with Crippen molar-refractivity contribution < 1.29 is 4.79 Å². The standard InChI is InChI=1S/C28H31N3OSi/c1-21-11-13-22(14-12-21)7-5-9-24-19-27(33(2,3)4)20-25(28(24)32)10-6-8-23-15-17-26(18-16-23)30-31-29/h5-18,27H,19-20H2,1-4H3/b7-5+,8-6+,24-9+,25-10+. The normalized spacial score (nSPS) is 19.5. The first-order valence-electron chi connectivity index (χ1n) is 11.3. The summed E-state index contributed by atoms with van der Waals surface area (Å²) in [5.41, 5.74) is 14.8. The molecule has 4 nitrogen and oxygen atoms in total. The predicted molar refractivity (Wildman–Crippen MR) is 142 cm³/mol. The minimum Gasteiger partial charge on any atom is -0.289 e. The Kier molecular flexibility index (Phi) is 8.04. The minimum absolute atomic E-state index is 0.154. The van der Waals surface area contributed by atoms with Gasteiger partial charge < -0.3 is 0 Å². The fraction of sp³-hybridized carbons (Fsp3) is 0.250. The molecular formula is C28H31N3OSi. The Hall–Kier alpha value is -3.40. The van der Waals surface area contributed by atoms with Crippen molar-refractivity contribution in [1.82, 2.24) is 0 Å². The third-order valence-corrected chi connectivity index (χ3v) is 8.90. The maximum atomic E-state index is 13.2. The summed E-state index contributed by atoms with van der Waals surface area (Å²) in [5, 5.41) is 3.59. The number of carbonyl (C=O) groups is 1. The molecule has 1 unspecified atom stereocenters. The van der Waals surface area contributed by atoms with Crippen LogP contribution in [-0.2, 0) is 4.79 Å². The van der Waals surface area contributed by atoms with Crippen LogP contribution in [0.3, 0.4) is 0 Å². The molecule has 0 saturated heterocycles. The molecule has 2 aromatic carbocycles. The molecule has 2 aromatic rings. The summed E-state index contributed by atoms with van der Waals surface area (Å²) in [5.74, 6) is 0.154. The highest BCUT2D eigenvalue weighted by atomic mass is 28.3. The molecule has 0 bridgehead atoms. The van der Waals surface area contributed by atoms with Crippen LogP contribution in [0.4, 0.5) is 5.69 Å². The highest BCUT2D eigenvalue weighted by Gasteiger charge is 2.35. The molecule has 0 amide bonds. The van der Waals surface area contributed by atoms with Gasteiger partial charge in [0.25, 0.3) is 0 Å². The molecule has 1 aliphatic carbocycles. The van der Waals surface area contributed by atoms with E-state index >= 15 is 0 Å². The lowest BCUT2D eigenvalue weighted by molar-refractivity contribution is -0.113. The summed E-state index contributed by atoms with van der Waals surface area (Å²) in [6.45, 7) is 9.22. The summed E-state index contributed by atoms with van der Waals surface area (Å²) in [6.07, 6.45) is 13.6. The van der Waals surface area contributed by atoms with Gasteiger partial charge in [0.1, 0.15) is 0 Å². The number of nitrogens with zero attached hydrogens (tertiary/aromatic N) is 3. The third-order valence-electron chi connectivity index (χ3n) is 6.04. The average molecular weight is 454 g/mol. The number of rotatable bonds is 6. The van der Waals surface area contributed by atoms with Gasteiger partial charge >= 0.3 is 0 Å². The number of ketones is 1. The third kappa shape index (κ3) is 7.04. The Labute approximate surface area is 197 Å². The van der Waals surface area contributed by atoms with Crippen LogP contribution in [0, 0.1) is 6.92 Å². The molecule has 1 atom stereocenters. The monoisotopic (exact) mass is 453 g/mol. The topological polar surface area (TPSA) is 65.8 Å². The van der Waals surface area contributed by atoms with Gasteiger partial charge in [0, 0.05) is 18.7 Å². The number of allylic oxidation sites excluding steroid dienone is 6. The summed E-state index contributed by atoms with van der Waals surface area (Å²) < 4.78 is 0. The fourth-order valence-electron chi connectivity index (χ4n) is 3.83. The Balaban J connectivity index is 1.81. The van der Waals surface area contributed by atoms with E-state index in [0.29, 0.717) is 11.2 Å². The minimum atomic E-state index is -1.42. The van der Waals surface area contributed by atoms with E-state index in [4.69, 9.17) is 5.53 Å². The number of Topliss-reactive ketones (excluding diaryl/α,β-unsaturated/α-hetero) is 1. The first kappa shape index (κ1) is 24.2. The highest BCUT2D eigenvalue weighted by molar-refractivity contribution is 6.77. The summed E-state index contributed by atoms with van der Waals surface area (Å²) >= 11 is 0. The van der Waals surface area contributed by atoms with Crippen LogP contribution in [0.15, 0.2) is 89.1 Å².